The predicted octanol–water partition coefficient (Wildman–Crippen LogP) is 0.740. The van der Waals surface area contributed by atoms with Crippen LogP contribution in [-0.4, -0.2) is 32.0 Å². The summed E-state index contributed by atoms with van der Waals surface area (Å²) in [4.78, 5) is 22.6. The number of carboxylic acid groups (broad SMARTS) is 1. The predicted molar refractivity (Wildman–Crippen MR) is 70.0 cm³/mol. The highest BCUT2D eigenvalue weighted by Gasteiger charge is 2.16. The number of aromatic carboxylic acids is 1. The van der Waals surface area contributed by atoms with Gasteiger partial charge in [0, 0.05) is 12.1 Å². The number of nitrogens with zero attached hydrogens (tertiary/aromatic N) is 3. The molecule has 21 heavy (non-hydrogen) atoms. The summed E-state index contributed by atoms with van der Waals surface area (Å²) in [5.74, 6) is -2.02. The number of amides is 1. The van der Waals surface area contributed by atoms with Gasteiger partial charge in [0.15, 0.2) is 5.69 Å². The molecule has 2 aromatic rings. The van der Waals surface area contributed by atoms with Gasteiger partial charge in [0.2, 0.25) is 5.91 Å². The fourth-order valence-electron chi connectivity index (χ4n) is 1.74. The van der Waals surface area contributed by atoms with Gasteiger partial charge in [-0.25, -0.2) is 13.9 Å². The highest BCUT2D eigenvalue weighted by Crippen LogP contribution is 2.06. The molecule has 0 fully saturated rings. The lowest BCUT2D eigenvalue weighted by Gasteiger charge is -2.07. The third-order valence-corrected chi connectivity index (χ3v) is 2.91. The van der Waals surface area contributed by atoms with E-state index in [9.17, 15) is 14.0 Å². The molecule has 0 aliphatic heterocycles. The minimum absolute atomic E-state index is 0.0467. The highest BCUT2D eigenvalue weighted by atomic mass is 19.1. The summed E-state index contributed by atoms with van der Waals surface area (Å²) < 4.78 is 14.6. The van der Waals surface area contributed by atoms with E-state index < -0.39 is 17.7 Å². The molecule has 0 aliphatic carbocycles. The number of rotatable bonds is 5. The summed E-state index contributed by atoms with van der Waals surface area (Å²) in [6.45, 7) is 1.37. The third-order valence-electron chi connectivity index (χ3n) is 2.91. The second-order valence-electron chi connectivity index (χ2n) is 4.35. The van der Waals surface area contributed by atoms with Gasteiger partial charge in [0.25, 0.3) is 0 Å². The van der Waals surface area contributed by atoms with Crippen LogP contribution in [0.2, 0.25) is 0 Å². The molecule has 0 saturated heterocycles. The number of carboxylic acids is 1. The Morgan fingerprint density at radius 1 is 1.38 bits per heavy atom. The molecular formula is C13H13FN4O3. The number of hydrogen-bond donors (Lipinski definition) is 2. The highest BCUT2D eigenvalue weighted by molar-refractivity contribution is 5.86. The molecule has 0 atom stereocenters. The third kappa shape index (κ3) is 3.41. The molecule has 2 N–H and O–H groups in total. The van der Waals surface area contributed by atoms with Gasteiger partial charge in [-0.2, -0.15) is 0 Å². The molecule has 8 heteroatoms. The Kier molecular flexibility index (Phi) is 4.27. The zero-order valence-corrected chi connectivity index (χ0v) is 11.2. The summed E-state index contributed by atoms with van der Waals surface area (Å²) in [5.41, 5.74) is 0.452. The van der Waals surface area contributed by atoms with Crippen molar-refractivity contribution in [2.45, 2.75) is 20.0 Å². The summed E-state index contributed by atoms with van der Waals surface area (Å²) >= 11 is 0. The van der Waals surface area contributed by atoms with Crippen molar-refractivity contribution in [1.29, 1.82) is 0 Å². The van der Waals surface area contributed by atoms with Crippen molar-refractivity contribution < 1.29 is 19.1 Å². The molecule has 2 rings (SSSR count). The first-order valence-corrected chi connectivity index (χ1v) is 6.12. The lowest BCUT2D eigenvalue weighted by atomic mass is 10.2. The number of hydrogen-bond acceptors (Lipinski definition) is 4. The van der Waals surface area contributed by atoms with E-state index in [1.54, 1.807) is 18.2 Å². The smallest absolute Gasteiger partial charge is 0.358 e. The van der Waals surface area contributed by atoms with Crippen molar-refractivity contribution in [3.05, 3.63) is 47.0 Å². The molecule has 1 heterocycles. The van der Waals surface area contributed by atoms with Crippen LogP contribution in [-0.2, 0) is 17.9 Å². The van der Waals surface area contributed by atoms with Crippen molar-refractivity contribution >= 4 is 11.9 Å². The van der Waals surface area contributed by atoms with E-state index in [0.29, 0.717) is 5.56 Å². The molecule has 1 aromatic carbocycles. The summed E-state index contributed by atoms with van der Waals surface area (Å²) in [6.07, 6.45) is 0. The topological polar surface area (TPSA) is 97.1 Å². The van der Waals surface area contributed by atoms with Crippen molar-refractivity contribution in [2.75, 3.05) is 0 Å². The number of aromatic nitrogens is 3. The van der Waals surface area contributed by atoms with Crippen LogP contribution in [0, 0.1) is 12.7 Å². The van der Waals surface area contributed by atoms with Crippen molar-refractivity contribution in [2.24, 2.45) is 0 Å². The Morgan fingerprint density at radius 3 is 2.71 bits per heavy atom. The maximum Gasteiger partial charge on any atom is 0.358 e. The molecule has 0 aliphatic rings. The molecule has 0 radical (unpaired) electrons. The van der Waals surface area contributed by atoms with Crippen molar-refractivity contribution in [3.8, 4) is 0 Å². The van der Waals surface area contributed by atoms with Crippen LogP contribution in [0.3, 0.4) is 0 Å². The molecule has 0 unspecified atom stereocenters. The van der Waals surface area contributed by atoms with E-state index in [4.69, 9.17) is 5.11 Å². The van der Waals surface area contributed by atoms with E-state index in [1.165, 1.54) is 17.7 Å². The second-order valence-corrected chi connectivity index (χ2v) is 4.35. The van der Waals surface area contributed by atoms with Gasteiger partial charge in [-0.05, 0) is 13.0 Å². The van der Waals surface area contributed by atoms with Gasteiger partial charge in [0.1, 0.15) is 12.4 Å². The Labute approximate surface area is 119 Å². The van der Waals surface area contributed by atoms with E-state index in [-0.39, 0.29) is 24.5 Å². The van der Waals surface area contributed by atoms with Gasteiger partial charge >= 0.3 is 5.97 Å². The van der Waals surface area contributed by atoms with Crippen LogP contribution in [0.4, 0.5) is 4.39 Å². The fraction of sp³-hybridized carbons (Fsp3) is 0.231. The lowest BCUT2D eigenvalue weighted by molar-refractivity contribution is -0.122. The Morgan fingerprint density at radius 2 is 2.10 bits per heavy atom. The number of carbonyl (C=O) groups is 2. The summed E-state index contributed by atoms with van der Waals surface area (Å²) in [7, 11) is 0. The summed E-state index contributed by atoms with van der Waals surface area (Å²) in [6, 6.07) is 6.11. The van der Waals surface area contributed by atoms with Gasteiger partial charge in [0.05, 0.1) is 5.69 Å². The minimum atomic E-state index is -1.20. The van der Waals surface area contributed by atoms with Gasteiger partial charge in [-0.15, -0.1) is 5.10 Å². The van der Waals surface area contributed by atoms with Crippen LogP contribution in [0.5, 0.6) is 0 Å². The zero-order chi connectivity index (χ0) is 15.4. The van der Waals surface area contributed by atoms with Crippen LogP contribution in [0.25, 0.3) is 0 Å². The molecule has 1 aromatic heterocycles. The quantitative estimate of drug-likeness (QED) is 0.847. The monoisotopic (exact) mass is 292 g/mol. The molecule has 0 saturated carbocycles. The van der Waals surface area contributed by atoms with Crippen molar-refractivity contribution in [1.82, 2.24) is 20.3 Å². The maximum absolute atomic E-state index is 13.4. The normalized spacial score (nSPS) is 10.4. The first-order valence-electron chi connectivity index (χ1n) is 6.12. The molecule has 1 amide bonds. The Bertz CT molecular complexity index is 684. The van der Waals surface area contributed by atoms with Crippen LogP contribution in [0.15, 0.2) is 24.3 Å². The van der Waals surface area contributed by atoms with Crippen LogP contribution >= 0.6 is 0 Å². The molecule has 110 valence electrons. The van der Waals surface area contributed by atoms with Crippen LogP contribution < -0.4 is 5.32 Å². The van der Waals surface area contributed by atoms with Gasteiger partial charge in [-0.1, -0.05) is 23.4 Å². The Balaban J connectivity index is 1.96. The molecule has 7 nitrogen and oxygen atoms in total. The van der Waals surface area contributed by atoms with E-state index >= 15 is 0 Å². The van der Waals surface area contributed by atoms with Crippen molar-refractivity contribution in [3.63, 3.8) is 0 Å². The maximum atomic E-state index is 13.4. The number of nitrogens with one attached hydrogen (secondary N) is 1. The largest absolute Gasteiger partial charge is 0.476 e. The second kappa shape index (κ2) is 6.12. The fourth-order valence-corrected chi connectivity index (χ4v) is 1.74. The molecule has 0 bridgehead atoms. The number of carbonyl (C=O) groups excluding carboxylic acids is 1. The van der Waals surface area contributed by atoms with E-state index in [0.717, 1.165) is 0 Å². The lowest BCUT2D eigenvalue weighted by Crippen LogP contribution is -2.28. The minimum Gasteiger partial charge on any atom is -0.476 e. The zero-order valence-electron chi connectivity index (χ0n) is 11.2. The van der Waals surface area contributed by atoms with Gasteiger partial charge in [-0.3, -0.25) is 4.79 Å². The number of halogens is 1. The standard InChI is InChI=1S/C13H13FN4O3/c1-8-12(13(20)21)16-17-18(8)7-11(19)15-6-9-4-2-3-5-10(9)14/h2-5H,6-7H2,1H3,(H,15,19)(H,20,21). The van der Waals surface area contributed by atoms with Crippen LogP contribution in [0.1, 0.15) is 21.7 Å². The molecular weight excluding hydrogens is 279 g/mol. The Hall–Kier alpha value is -2.77. The average Bonchev–Trinajstić information content (AvgIpc) is 2.79. The molecule has 0 spiro atoms. The number of benzene rings is 1. The first-order chi connectivity index (χ1) is 9.99. The SMILES string of the molecule is Cc1c(C(=O)O)nnn1CC(=O)NCc1ccccc1F. The average molecular weight is 292 g/mol. The van der Waals surface area contributed by atoms with E-state index in [2.05, 4.69) is 15.6 Å². The van der Waals surface area contributed by atoms with E-state index in [1.807, 2.05) is 0 Å². The van der Waals surface area contributed by atoms with Gasteiger partial charge < -0.3 is 10.4 Å². The first kappa shape index (κ1) is 14.6. The summed E-state index contributed by atoms with van der Waals surface area (Å²) in [5, 5.41) is 18.5.